The molecule has 0 radical (unpaired) electrons. The van der Waals surface area contributed by atoms with Gasteiger partial charge in [0.1, 0.15) is 0 Å². The maximum atomic E-state index is 5.53. The number of rotatable bonds is 11. The normalized spacial score (nSPS) is 11.4. The molecule has 0 saturated carbocycles. The lowest BCUT2D eigenvalue weighted by Gasteiger charge is -2.28. The predicted molar refractivity (Wildman–Crippen MR) is 314 cm³/mol. The van der Waals surface area contributed by atoms with Crippen LogP contribution in [0.5, 0.6) is 0 Å². The van der Waals surface area contributed by atoms with E-state index in [9.17, 15) is 0 Å². The summed E-state index contributed by atoms with van der Waals surface area (Å²) in [6.45, 7) is 0. The molecule has 0 amide bonds. The Bertz CT molecular complexity index is 4060. The first kappa shape index (κ1) is 44.3. The summed E-state index contributed by atoms with van der Waals surface area (Å²) >= 11 is 0. The van der Waals surface area contributed by atoms with Gasteiger partial charge in [-0.25, -0.2) is 15.0 Å². The van der Waals surface area contributed by atoms with Crippen LogP contribution in [-0.2, 0) is 0 Å². The molecule has 0 aliphatic rings. The van der Waals surface area contributed by atoms with Crippen LogP contribution in [0.4, 0.5) is 34.1 Å². The van der Waals surface area contributed by atoms with Crippen molar-refractivity contribution < 1.29 is 0 Å². The van der Waals surface area contributed by atoms with E-state index in [2.05, 4.69) is 286 Å². The van der Waals surface area contributed by atoms with Crippen molar-refractivity contribution in [2.45, 2.75) is 0 Å². The lowest BCUT2D eigenvalue weighted by molar-refractivity contribution is 1.07. The van der Waals surface area contributed by atoms with Gasteiger partial charge in [0.2, 0.25) is 0 Å². The second-order valence-electron chi connectivity index (χ2n) is 18.8. The molecule has 0 unspecified atom stereocenters. The van der Waals surface area contributed by atoms with E-state index in [0.717, 1.165) is 84.3 Å². The summed E-state index contributed by atoms with van der Waals surface area (Å²) in [4.78, 5) is 20.9. The Morgan fingerprint density at radius 1 is 0.250 bits per heavy atom. The molecule has 11 aromatic carbocycles. The second kappa shape index (κ2) is 18.9. The zero-order valence-electron chi connectivity index (χ0n) is 41.3. The van der Waals surface area contributed by atoms with Gasteiger partial charge in [0, 0.05) is 72.4 Å². The quantitative estimate of drug-likeness (QED) is 0.129. The molecular formula is C69H47N7. The maximum absolute atomic E-state index is 5.53. The predicted octanol–water partition coefficient (Wildman–Crippen LogP) is 18.0. The third kappa shape index (κ3) is 7.74. The van der Waals surface area contributed by atoms with E-state index in [0.29, 0.717) is 17.5 Å². The van der Waals surface area contributed by atoms with Crippen molar-refractivity contribution >= 4 is 77.7 Å². The minimum Gasteiger partial charge on any atom is -0.310 e. The number of fused-ring (bicyclic) bond motifs is 6. The molecule has 14 aromatic rings. The Morgan fingerprint density at radius 2 is 0.566 bits per heavy atom. The highest BCUT2D eigenvalue weighted by Crippen LogP contribution is 2.45. The van der Waals surface area contributed by atoms with Crippen LogP contribution in [0.2, 0.25) is 0 Å². The van der Waals surface area contributed by atoms with Gasteiger partial charge in [-0.1, -0.05) is 176 Å². The third-order valence-corrected chi connectivity index (χ3v) is 14.3. The molecule has 76 heavy (non-hydrogen) atoms. The molecule has 0 fully saturated rings. The van der Waals surface area contributed by atoms with Gasteiger partial charge in [-0.2, -0.15) is 0 Å². The second-order valence-corrected chi connectivity index (χ2v) is 18.8. The SMILES string of the molecule is c1ccc(-c2nc(-c3ccccc3N(c3ccccc3)c3cccc(-n4c5ccccc5c5ccccc54)c3)nc(-c3ccccc3N(c3ccccc3)c3cccc(-n4c5ccccc5c5ccccc54)c3)n2)cc1. The Kier molecular flexibility index (Phi) is 11.0. The molecule has 0 atom stereocenters. The molecule has 0 spiro atoms. The minimum absolute atomic E-state index is 0.549. The topological polar surface area (TPSA) is 55.0 Å². The molecular weight excluding hydrogens is 927 g/mol. The van der Waals surface area contributed by atoms with Gasteiger partial charge in [0.05, 0.1) is 33.4 Å². The molecule has 0 aliphatic carbocycles. The van der Waals surface area contributed by atoms with E-state index in [-0.39, 0.29) is 0 Å². The summed E-state index contributed by atoms with van der Waals surface area (Å²) in [7, 11) is 0. The van der Waals surface area contributed by atoms with Crippen molar-refractivity contribution in [3.8, 4) is 45.5 Å². The van der Waals surface area contributed by atoms with E-state index < -0.39 is 0 Å². The maximum Gasteiger partial charge on any atom is 0.166 e. The van der Waals surface area contributed by atoms with Gasteiger partial charge in [-0.15, -0.1) is 0 Å². The lowest BCUT2D eigenvalue weighted by Crippen LogP contribution is -2.13. The molecule has 358 valence electrons. The zero-order chi connectivity index (χ0) is 50.4. The number of nitrogens with zero attached hydrogens (tertiary/aromatic N) is 7. The first-order valence-corrected chi connectivity index (χ1v) is 25.6. The van der Waals surface area contributed by atoms with Crippen molar-refractivity contribution in [1.82, 2.24) is 24.1 Å². The van der Waals surface area contributed by atoms with Crippen LogP contribution in [0.15, 0.2) is 285 Å². The summed E-state index contributed by atoms with van der Waals surface area (Å²) in [5.41, 5.74) is 15.1. The Balaban J connectivity index is 0.947. The van der Waals surface area contributed by atoms with Crippen LogP contribution in [0.3, 0.4) is 0 Å². The summed E-state index contributed by atoms with van der Waals surface area (Å²) in [5, 5.41) is 4.87. The number of aromatic nitrogens is 5. The Labute approximate surface area is 440 Å². The van der Waals surface area contributed by atoms with Crippen molar-refractivity contribution in [2.75, 3.05) is 9.80 Å². The third-order valence-electron chi connectivity index (χ3n) is 14.3. The zero-order valence-corrected chi connectivity index (χ0v) is 41.3. The van der Waals surface area contributed by atoms with Crippen LogP contribution < -0.4 is 9.80 Å². The Hall–Kier alpha value is -10.4. The van der Waals surface area contributed by atoms with Crippen molar-refractivity contribution in [3.05, 3.63) is 285 Å². The average molecular weight is 974 g/mol. The number of para-hydroxylation sites is 8. The highest BCUT2D eigenvalue weighted by molar-refractivity contribution is 6.10. The van der Waals surface area contributed by atoms with E-state index in [1.54, 1.807) is 0 Å². The number of anilines is 6. The fourth-order valence-corrected chi connectivity index (χ4v) is 11.0. The van der Waals surface area contributed by atoms with Crippen LogP contribution in [-0.4, -0.2) is 24.1 Å². The first-order chi connectivity index (χ1) is 37.7. The van der Waals surface area contributed by atoms with Crippen LogP contribution in [0.1, 0.15) is 0 Å². The smallest absolute Gasteiger partial charge is 0.166 e. The van der Waals surface area contributed by atoms with E-state index in [4.69, 9.17) is 15.0 Å². The minimum atomic E-state index is 0.549. The molecule has 0 aliphatic heterocycles. The molecule has 3 aromatic heterocycles. The lowest BCUT2D eigenvalue weighted by atomic mass is 10.1. The van der Waals surface area contributed by atoms with Gasteiger partial charge in [0.25, 0.3) is 0 Å². The first-order valence-electron chi connectivity index (χ1n) is 25.6. The standard InChI is InChI=1S/C69H47N7/c1-4-24-48(25-5-1)67-70-68(59-38-14-20-44-65(59)73(49-26-6-2-7-27-49)51-30-22-32-53(46-51)75-61-40-16-10-34-55(61)56-35-11-17-41-62(56)75)72-69(71-67)60-39-15-21-45-66(60)74(50-28-8-3-9-29-50)52-31-23-33-54(47-52)76-63-42-18-12-36-57(63)58-37-13-19-43-64(58)76/h1-47H. The van der Waals surface area contributed by atoms with E-state index >= 15 is 0 Å². The van der Waals surface area contributed by atoms with Crippen LogP contribution >= 0.6 is 0 Å². The van der Waals surface area contributed by atoms with Gasteiger partial charge in [-0.3, -0.25) is 0 Å². The van der Waals surface area contributed by atoms with Crippen LogP contribution in [0, 0.1) is 0 Å². The van der Waals surface area contributed by atoms with E-state index in [1.807, 2.05) is 18.2 Å². The number of benzene rings is 11. The molecule has 0 saturated heterocycles. The summed E-state index contributed by atoms with van der Waals surface area (Å²) in [5.74, 6) is 1.67. The molecule has 3 heterocycles. The van der Waals surface area contributed by atoms with Crippen molar-refractivity contribution in [1.29, 1.82) is 0 Å². The molecule has 7 heteroatoms. The highest BCUT2D eigenvalue weighted by Gasteiger charge is 2.25. The van der Waals surface area contributed by atoms with Gasteiger partial charge < -0.3 is 18.9 Å². The fourth-order valence-electron chi connectivity index (χ4n) is 11.0. The monoisotopic (exact) mass is 973 g/mol. The summed E-state index contributed by atoms with van der Waals surface area (Å²) < 4.78 is 4.73. The Morgan fingerprint density at radius 3 is 0.974 bits per heavy atom. The van der Waals surface area contributed by atoms with Crippen molar-refractivity contribution in [3.63, 3.8) is 0 Å². The van der Waals surface area contributed by atoms with Crippen molar-refractivity contribution in [2.24, 2.45) is 0 Å². The molecule has 0 N–H and O–H groups in total. The fraction of sp³-hybridized carbons (Fsp3) is 0. The summed E-state index contributed by atoms with van der Waals surface area (Å²) in [6, 6.07) is 100. The number of hydrogen-bond donors (Lipinski definition) is 0. The average Bonchev–Trinajstić information content (AvgIpc) is 4.09. The van der Waals surface area contributed by atoms with Gasteiger partial charge in [0.15, 0.2) is 17.5 Å². The number of hydrogen-bond acceptors (Lipinski definition) is 5. The molecule has 14 rings (SSSR count). The highest BCUT2D eigenvalue weighted by atomic mass is 15.2. The van der Waals surface area contributed by atoms with Crippen LogP contribution in [0.25, 0.3) is 89.2 Å². The van der Waals surface area contributed by atoms with E-state index in [1.165, 1.54) is 21.5 Å². The largest absolute Gasteiger partial charge is 0.310 e. The molecule has 0 bridgehead atoms. The molecule has 7 nitrogen and oxygen atoms in total. The summed E-state index contributed by atoms with van der Waals surface area (Å²) in [6.07, 6.45) is 0. The van der Waals surface area contributed by atoms with Gasteiger partial charge in [-0.05, 0) is 109 Å². The van der Waals surface area contributed by atoms with Gasteiger partial charge >= 0.3 is 0 Å².